The van der Waals surface area contributed by atoms with E-state index in [9.17, 15) is 8.42 Å². The molecule has 7 heteroatoms. The molecule has 0 saturated carbocycles. The molecule has 0 atom stereocenters. The number of rotatable bonds is 7. The van der Waals surface area contributed by atoms with Crippen LogP contribution in [0.5, 0.6) is 0 Å². The van der Waals surface area contributed by atoms with Gasteiger partial charge in [-0.2, -0.15) is 8.42 Å². The zero-order valence-corrected chi connectivity index (χ0v) is 16.2. The van der Waals surface area contributed by atoms with Gasteiger partial charge in [0.25, 0.3) is 10.1 Å². The lowest BCUT2D eigenvalue weighted by Gasteiger charge is -2.27. The molecule has 0 aliphatic rings. The Morgan fingerprint density at radius 3 is 2.22 bits per heavy atom. The molecule has 0 unspecified atom stereocenters. The standard InChI is InChI=1S/C16H30BN2O3S/c1-7-12-18(3,4)15-11-17(2)10-8-13-19(5,6)14-9-16-23(20,21)22/h7,9,12-14,16H2,1-6H3/q+1/p+1. The smallest absolute Gasteiger partial charge is 0.318 e. The van der Waals surface area contributed by atoms with Crippen molar-refractivity contribution in [3.8, 4) is 23.6 Å². The molecule has 0 aromatic heterocycles. The van der Waals surface area contributed by atoms with Crippen LogP contribution in [0.2, 0.25) is 6.82 Å². The third-order valence-corrected chi connectivity index (χ3v) is 4.16. The Balaban J connectivity index is 4.45. The van der Waals surface area contributed by atoms with Crippen molar-refractivity contribution in [3.05, 3.63) is 0 Å². The van der Waals surface area contributed by atoms with Crippen molar-refractivity contribution in [2.45, 2.75) is 26.6 Å². The highest BCUT2D eigenvalue weighted by molar-refractivity contribution is 7.85. The number of quaternary nitrogens is 2. The summed E-state index contributed by atoms with van der Waals surface area (Å²) in [6, 6.07) is 3.24. The van der Waals surface area contributed by atoms with Gasteiger partial charge in [0.05, 0.1) is 47.0 Å². The highest BCUT2D eigenvalue weighted by Crippen LogP contribution is 2.00. The quantitative estimate of drug-likeness (QED) is 0.325. The van der Waals surface area contributed by atoms with Crippen LogP contribution in [0.15, 0.2) is 0 Å². The Kier molecular flexibility index (Phi) is 8.94. The van der Waals surface area contributed by atoms with Crippen LogP contribution in [0.25, 0.3) is 0 Å². The first-order valence-electron chi connectivity index (χ1n) is 7.98. The number of hydrogen-bond donors (Lipinski definition) is 1. The summed E-state index contributed by atoms with van der Waals surface area (Å²) in [5.74, 6) is 9.27. The summed E-state index contributed by atoms with van der Waals surface area (Å²) >= 11 is 0. The van der Waals surface area contributed by atoms with E-state index in [2.05, 4.69) is 44.6 Å². The van der Waals surface area contributed by atoms with Crippen LogP contribution in [-0.2, 0) is 10.1 Å². The molecule has 130 valence electrons. The van der Waals surface area contributed by atoms with Crippen LogP contribution < -0.4 is 0 Å². The molecule has 23 heavy (non-hydrogen) atoms. The van der Waals surface area contributed by atoms with Gasteiger partial charge in [-0.05, 0) is 6.42 Å². The minimum Gasteiger partial charge on any atom is -0.318 e. The Morgan fingerprint density at radius 2 is 1.70 bits per heavy atom. The monoisotopic (exact) mass is 342 g/mol. The lowest BCUT2D eigenvalue weighted by molar-refractivity contribution is -0.883. The minimum atomic E-state index is -3.87. The summed E-state index contributed by atoms with van der Waals surface area (Å²) in [5.41, 5.74) is 0. The summed E-state index contributed by atoms with van der Waals surface area (Å²) in [5, 5.41) is 0. The summed E-state index contributed by atoms with van der Waals surface area (Å²) in [6.07, 6.45) is 1.52. The van der Waals surface area contributed by atoms with Crippen molar-refractivity contribution in [1.82, 2.24) is 0 Å². The maximum Gasteiger partial charge on any atom is 0.319 e. The van der Waals surface area contributed by atoms with E-state index < -0.39 is 10.1 Å². The Hall–Kier alpha value is -0.985. The van der Waals surface area contributed by atoms with Gasteiger partial charge in [0.1, 0.15) is 12.6 Å². The van der Waals surface area contributed by atoms with E-state index in [1.54, 1.807) is 0 Å². The van der Waals surface area contributed by atoms with Gasteiger partial charge >= 0.3 is 6.71 Å². The highest BCUT2D eigenvalue weighted by Gasteiger charge is 2.15. The van der Waals surface area contributed by atoms with Gasteiger partial charge in [0, 0.05) is 6.42 Å². The molecular formula is C16H31BN2O3S+2. The van der Waals surface area contributed by atoms with Gasteiger partial charge in [0.2, 0.25) is 0 Å². The van der Waals surface area contributed by atoms with Crippen molar-refractivity contribution in [2.75, 3.05) is 53.6 Å². The molecule has 0 aliphatic carbocycles. The number of hydrogen-bond acceptors (Lipinski definition) is 2. The fourth-order valence-electron chi connectivity index (χ4n) is 2.09. The van der Waals surface area contributed by atoms with E-state index in [0.717, 1.165) is 13.0 Å². The summed E-state index contributed by atoms with van der Waals surface area (Å²) in [7, 11) is 4.30. The second kappa shape index (κ2) is 9.34. The fourth-order valence-corrected chi connectivity index (χ4v) is 2.58. The van der Waals surface area contributed by atoms with E-state index in [1.807, 2.05) is 20.9 Å². The third kappa shape index (κ3) is 13.2. The van der Waals surface area contributed by atoms with Gasteiger partial charge in [-0.3, -0.25) is 9.04 Å². The van der Waals surface area contributed by atoms with Crippen LogP contribution in [0.4, 0.5) is 0 Å². The molecule has 0 heterocycles. The zero-order valence-electron chi connectivity index (χ0n) is 15.4. The molecular weight excluding hydrogens is 311 g/mol. The average Bonchev–Trinajstić information content (AvgIpc) is 2.34. The van der Waals surface area contributed by atoms with Crippen molar-refractivity contribution in [2.24, 2.45) is 0 Å². The molecule has 0 spiro atoms. The van der Waals surface area contributed by atoms with Gasteiger partial charge in [-0.25, -0.2) is 0 Å². The lowest BCUT2D eigenvalue weighted by atomic mass is 9.54. The van der Waals surface area contributed by atoms with Crippen molar-refractivity contribution >= 4 is 16.8 Å². The van der Waals surface area contributed by atoms with E-state index in [4.69, 9.17) is 4.55 Å². The maximum atomic E-state index is 10.7. The van der Waals surface area contributed by atoms with E-state index >= 15 is 0 Å². The molecule has 0 fully saturated rings. The highest BCUT2D eigenvalue weighted by atomic mass is 32.2. The average molecular weight is 342 g/mol. The first kappa shape index (κ1) is 22.0. The molecule has 5 nitrogen and oxygen atoms in total. The first-order chi connectivity index (χ1) is 10.4. The Bertz CT molecular complexity index is 592. The second-order valence-electron chi connectivity index (χ2n) is 7.16. The SMILES string of the molecule is CCC[N+](C)(C)C#CB(C)C#CC[N+](C)(C)CCCS(=O)(=O)O. The van der Waals surface area contributed by atoms with Crippen LogP contribution >= 0.6 is 0 Å². The first-order valence-corrected chi connectivity index (χ1v) is 9.59. The molecule has 0 saturated heterocycles. The van der Waals surface area contributed by atoms with Crippen LogP contribution in [0, 0.1) is 23.6 Å². The van der Waals surface area contributed by atoms with Crippen molar-refractivity contribution < 1.29 is 21.9 Å². The number of nitrogens with zero attached hydrogens (tertiary/aromatic N) is 2. The summed E-state index contributed by atoms with van der Waals surface area (Å²) in [6.45, 7) is 6.45. The van der Waals surface area contributed by atoms with E-state index in [0.29, 0.717) is 28.5 Å². The van der Waals surface area contributed by atoms with Crippen LogP contribution in [0.1, 0.15) is 19.8 Å². The predicted molar refractivity (Wildman–Crippen MR) is 97.3 cm³/mol. The molecule has 0 radical (unpaired) electrons. The van der Waals surface area contributed by atoms with Gasteiger partial charge in [-0.15, -0.1) is 5.82 Å². The second-order valence-corrected chi connectivity index (χ2v) is 8.74. The summed E-state index contributed by atoms with van der Waals surface area (Å²) in [4.78, 5) is 0. The largest absolute Gasteiger partial charge is 0.319 e. The predicted octanol–water partition coefficient (Wildman–Crippen LogP) is 0.994. The van der Waals surface area contributed by atoms with E-state index in [1.165, 1.54) is 0 Å². The Morgan fingerprint density at radius 1 is 1.09 bits per heavy atom. The molecule has 0 aromatic rings. The Labute approximate surface area is 143 Å². The summed E-state index contributed by atoms with van der Waals surface area (Å²) < 4.78 is 31.5. The normalized spacial score (nSPS) is 12.0. The van der Waals surface area contributed by atoms with Crippen LogP contribution in [0.3, 0.4) is 0 Å². The van der Waals surface area contributed by atoms with Crippen molar-refractivity contribution in [1.29, 1.82) is 0 Å². The van der Waals surface area contributed by atoms with E-state index in [-0.39, 0.29) is 12.5 Å². The fraction of sp³-hybridized carbons (Fsp3) is 0.750. The van der Waals surface area contributed by atoms with Crippen molar-refractivity contribution in [3.63, 3.8) is 0 Å². The maximum absolute atomic E-state index is 10.7. The zero-order chi connectivity index (χ0) is 18.1. The lowest BCUT2D eigenvalue weighted by Crippen LogP contribution is -2.41. The molecule has 0 aliphatic heterocycles. The third-order valence-electron chi connectivity index (χ3n) is 3.36. The van der Waals surface area contributed by atoms with Crippen LogP contribution in [-0.4, -0.2) is 82.2 Å². The molecule has 0 aromatic carbocycles. The molecule has 0 bridgehead atoms. The van der Waals surface area contributed by atoms with Gasteiger partial charge in [0.15, 0.2) is 0 Å². The minimum absolute atomic E-state index is 0.0158. The molecule has 1 N–H and O–H groups in total. The molecule has 0 amide bonds. The topological polar surface area (TPSA) is 54.4 Å². The van der Waals surface area contributed by atoms with Gasteiger partial charge < -0.3 is 4.48 Å². The molecule has 0 rings (SSSR count). The van der Waals surface area contributed by atoms with Gasteiger partial charge in [-0.1, -0.05) is 25.5 Å².